The monoisotopic (exact) mass is 248 g/mol. The van der Waals surface area contributed by atoms with Crippen LogP contribution in [0.3, 0.4) is 0 Å². The second-order valence-electron chi connectivity index (χ2n) is 6.84. The summed E-state index contributed by atoms with van der Waals surface area (Å²) in [5, 5.41) is 3.49. The van der Waals surface area contributed by atoms with Crippen LogP contribution in [0.25, 0.3) is 0 Å². The molecule has 3 rings (SSSR count). The van der Waals surface area contributed by atoms with E-state index in [0.29, 0.717) is 17.3 Å². The van der Waals surface area contributed by atoms with E-state index in [1.54, 1.807) is 6.07 Å². The van der Waals surface area contributed by atoms with Crippen LogP contribution >= 0.6 is 0 Å². The molecular weight excluding hydrogens is 227 g/mol. The van der Waals surface area contributed by atoms with Gasteiger partial charge in [-0.2, -0.15) is 4.39 Å². The van der Waals surface area contributed by atoms with Crippen molar-refractivity contribution < 1.29 is 4.39 Å². The van der Waals surface area contributed by atoms with Gasteiger partial charge in [-0.3, -0.25) is 0 Å². The quantitative estimate of drug-likeness (QED) is 0.804. The molecule has 1 N–H and O–H groups in total. The molecule has 0 spiro atoms. The number of nitrogens with one attached hydrogen (secondary N) is 1. The summed E-state index contributed by atoms with van der Waals surface area (Å²) in [6.07, 6.45) is 3.89. The van der Waals surface area contributed by atoms with E-state index in [1.807, 2.05) is 6.07 Å². The summed E-state index contributed by atoms with van der Waals surface area (Å²) >= 11 is 0. The first kappa shape index (κ1) is 11.9. The molecule has 2 fully saturated rings. The number of aromatic nitrogens is 1. The van der Waals surface area contributed by atoms with Crippen LogP contribution in [-0.4, -0.2) is 11.0 Å². The van der Waals surface area contributed by atoms with E-state index in [4.69, 9.17) is 0 Å². The van der Waals surface area contributed by atoms with E-state index >= 15 is 0 Å². The van der Waals surface area contributed by atoms with Crippen molar-refractivity contribution in [1.29, 1.82) is 0 Å². The summed E-state index contributed by atoms with van der Waals surface area (Å²) in [6.45, 7) is 7.02. The van der Waals surface area contributed by atoms with E-state index in [1.165, 1.54) is 25.3 Å². The molecule has 0 aliphatic heterocycles. The average molecular weight is 248 g/mol. The van der Waals surface area contributed by atoms with Gasteiger partial charge in [-0.25, -0.2) is 4.98 Å². The topological polar surface area (TPSA) is 24.9 Å². The molecule has 2 nitrogen and oxygen atoms in total. The van der Waals surface area contributed by atoms with E-state index in [9.17, 15) is 4.39 Å². The van der Waals surface area contributed by atoms with Crippen LogP contribution in [0.4, 0.5) is 10.2 Å². The average Bonchev–Trinajstić information content (AvgIpc) is 2.76. The zero-order valence-corrected chi connectivity index (χ0v) is 11.3. The molecule has 0 aromatic carbocycles. The summed E-state index contributed by atoms with van der Waals surface area (Å²) < 4.78 is 13.2. The van der Waals surface area contributed by atoms with Gasteiger partial charge in [0.1, 0.15) is 5.82 Å². The van der Waals surface area contributed by atoms with Gasteiger partial charge in [-0.05, 0) is 48.1 Å². The fraction of sp³-hybridized carbons (Fsp3) is 0.667. The van der Waals surface area contributed by atoms with E-state index in [-0.39, 0.29) is 5.41 Å². The Morgan fingerprint density at radius 2 is 2.11 bits per heavy atom. The first-order valence-corrected chi connectivity index (χ1v) is 6.81. The fourth-order valence-electron chi connectivity index (χ4n) is 4.30. The van der Waals surface area contributed by atoms with Crippen molar-refractivity contribution >= 4 is 5.82 Å². The van der Waals surface area contributed by atoms with Crippen molar-refractivity contribution in [3.8, 4) is 0 Å². The maximum absolute atomic E-state index is 13.2. The minimum absolute atomic E-state index is 0.265. The molecule has 18 heavy (non-hydrogen) atoms. The third-order valence-corrected chi connectivity index (χ3v) is 5.28. The second-order valence-corrected chi connectivity index (χ2v) is 6.84. The molecule has 98 valence electrons. The molecule has 3 atom stereocenters. The van der Waals surface area contributed by atoms with Crippen molar-refractivity contribution in [1.82, 2.24) is 4.98 Å². The number of fused-ring (bicyclic) bond motifs is 2. The van der Waals surface area contributed by atoms with Crippen LogP contribution in [0, 0.1) is 22.7 Å². The minimum Gasteiger partial charge on any atom is -0.366 e. The lowest BCUT2D eigenvalue weighted by molar-refractivity contribution is 0.155. The molecule has 1 aromatic heterocycles. The van der Waals surface area contributed by atoms with Crippen LogP contribution in [0.15, 0.2) is 18.2 Å². The normalized spacial score (nSPS) is 36.9. The van der Waals surface area contributed by atoms with Crippen LogP contribution < -0.4 is 5.32 Å². The van der Waals surface area contributed by atoms with Gasteiger partial charge in [-0.1, -0.05) is 26.8 Å². The third-order valence-electron chi connectivity index (χ3n) is 5.28. The highest BCUT2D eigenvalue weighted by molar-refractivity contribution is 5.38. The Bertz CT molecular complexity index is 467. The number of hydrogen-bond acceptors (Lipinski definition) is 2. The molecule has 2 aliphatic carbocycles. The number of hydrogen-bond donors (Lipinski definition) is 1. The molecule has 2 bridgehead atoms. The van der Waals surface area contributed by atoms with Gasteiger partial charge in [0.2, 0.25) is 5.95 Å². The molecule has 1 heterocycles. The minimum atomic E-state index is -0.411. The lowest BCUT2D eigenvalue weighted by Crippen LogP contribution is -2.46. The van der Waals surface area contributed by atoms with Gasteiger partial charge in [0.15, 0.2) is 0 Å². The van der Waals surface area contributed by atoms with Crippen LogP contribution in [0.1, 0.15) is 40.0 Å². The summed E-state index contributed by atoms with van der Waals surface area (Å²) in [5.74, 6) is 1.04. The molecule has 3 heteroatoms. The number of pyridine rings is 1. The lowest BCUT2D eigenvalue weighted by atomic mass is 9.68. The predicted octanol–water partition coefficient (Wildman–Crippen LogP) is 3.85. The Morgan fingerprint density at radius 3 is 2.72 bits per heavy atom. The second kappa shape index (κ2) is 3.69. The van der Waals surface area contributed by atoms with Crippen LogP contribution in [-0.2, 0) is 0 Å². The van der Waals surface area contributed by atoms with Gasteiger partial charge in [0.05, 0.1) is 0 Å². The Morgan fingerprint density at radius 1 is 1.33 bits per heavy atom. The molecule has 2 saturated carbocycles. The van der Waals surface area contributed by atoms with Crippen molar-refractivity contribution in [2.75, 3.05) is 5.32 Å². The molecule has 0 radical (unpaired) electrons. The smallest absolute Gasteiger partial charge is 0.214 e. The first-order valence-electron chi connectivity index (χ1n) is 6.81. The Labute approximate surface area is 108 Å². The van der Waals surface area contributed by atoms with Crippen molar-refractivity contribution in [3.05, 3.63) is 24.1 Å². The van der Waals surface area contributed by atoms with Crippen LogP contribution in [0.2, 0.25) is 0 Å². The SMILES string of the molecule is CC12CCC(C1)C(C)(C)C2Nc1cccc(F)n1. The van der Waals surface area contributed by atoms with E-state index in [0.717, 1.165) is 5.92 Å². The fourth-order valence-corrected chi connectivity index (χ4v) is 4.30. The van der Waals surface area contributed by atoms with Gasteiger partial charge >= 0.3 is 0 Å². The number of anilines is 1. The molecule has 3 unspecified atom stereocenters. The summed E-state index contributed by atoms with van der Waals surface area (Å²) in [7, 11) is 0. The highest BCUT2D eigenvalue weighted by Crippen LogP contribution is 2.62. The highest BCUT2D eigenvalue weighted by atomic mass is 19.1. The predicted molar refractivity (Wildman–Crippen MR) is 70.8 cm³/mol. The third kappa shape index (κ3) is 1.63. The van der Waals surface area contributed by atoms with Gasteiger partial charge < -0.3 is 5.32 Å². The van der Waals surface area contributed by atoms with Gasteiger partial charge in [0.25, 0.3) is 0 Å². The largest absolute Gasteiger partial charge is 0.366 e. The Balaban J connectivity index is 1.88. The van der Waals surface area contributed by atoms with Crippen molar-refractivity contribution in [3.63, 3.8) is 0 Å². The van der Waals surface area contributed by atoms with Crippen LogP contribution in [0.5, 0.6) is 0 Å². The van der Waals surface area contributed by atoms with Crippen molar-refractivity contribution in [2.45, 2.75) is 46.1 Å². The zero-order valence-electron chi connectivity index (χ0n) is 11.3. The van der Waals surface area contributed by atoms with Gasteiger partial charge in [-0.15, -0.1) is 0 Å². The Hall–Kier alpha value is -1.12. The standard InChI is InChI=1S/C15H21FN2/c1-14(2)10-7-8-15(3,9-10)13(14)18-12-6-4-5-11(16)17-12/h4-6,10,13H,7-9H2,1-3H3,(H,17,18). The summed E-state index contributed by atoms with van der Waals surface area (Å²) in [4.78, 5) is 3.94. The molecule has 2 aliphatic rings. The number of rotatable bonds is 2. The highest BCUT2D eigenvalue weighted by Gasteiger charge is 2.59. The molecule has 0 saturated heterocycles. The molecule has 0 amide bonds. The zero-order chi connectivity index (χ0) is 13.0. The molecular formula is C15H21FN2. The summed E-state index contributed by atoms with van der Waals surface area (Å²) in [6, 6.07) is 5.35. The maximum Gasteiger partial charge on any atom is 0.214 e. The first-order chi connectivity index (χ1) is 8.42. The number of halogens is 1. The Kier molecular flexibility index (Phi) is 2.45. The van der Waals surface area contributed by atoms with E-state index in [2.05, 4.69) is 31.1 Å². The lowest BCUT2D eigenvalue weighted by Gasteiger charge is -2.43. The maximum atomic E-state index is 13.2. The van der Waals surface area contributed by atoms with Gasteiger partial charge in [0, 0.05) is 6.04 Å². The summed E-state index contributed by atoms with van der Waals surface area (Å²) in [5.41, 5.74) is 0.600. The van der Waals surface area contributed by atoms with E-state index < -0.39 is 5.95 Å². The number of nitrogens with zero attached hydrogens (tertiary/aromatic N) is 1. The molecule has 1 aromatic rings. The van der Waals surface area contributed by atoms with Crippen molar-refractivity contribution in [2.24, 2.45) is 16.7 Å².